The molecule has 6 heteroatoms. The molecule has 0 saturated carbocycles. The van der Waals surface area contributed by atoms with Crippen LogP contribution in [0.2, 0.25) is 0 Å². The highest BCUT2D eigenvalue weighted by atomic mass is 16.4. The van der Waals surface area contributed by atoms with E-state index in [4.69, 9.17) is 0 Å². The highest BCUT2D eigenvalue weighted by molar-refractivity contribution is 6.16. The van der Waals surface area contributed by atoms with Gasteiger partial charge in [0.1, 0.15) is 0 Å². The number of aromatic carboxylic acids is 1. The Morgan fingerprint density at radius 1 is 1.04 bits per heavy atom. The number of hydrogen-bond donors (Lipinski definition) is 1. The molecule has 0 radical (unpaired) electrons. The van der Waals surface area contributed by atoms with E-state index in [1.165, 1.54) is 0 Å². The van der Waals surface area contributed by atoms with Crippen molar-refractivity contribution >= 4 is 28.3 Å². The fourth-order valence-corrected chi connectivity index (χ4v) is 3.35. The number of rotatable bonds is 2. The maximum Gasteiger partial charge on any atom is 0.337 e. The van der Waals surface area contributed by atoms with Crippen LogP contribution < -0.4 is 0 Å². The Labute approximate surface area is 132 Å². The molecule has 0 aliphatic carbocycles. The second-order valence-corrected chi connectivity index (χ2v) is 5.72. The molecule has 0 unspecified atom stereocenters. The van der Waals surface area contributed by atoms with Gasteiger partial charge in [-0.25, -0.2) is 9.78 Å². The molecule has 1 saturated heterocycles. The van der Waals surface area contributed by atoms with Crippen molar-refractivity contribution in [3.63, 3.8) is 0 Å². The third-order valence-electron chi connectivity index (χ3n) is 4.40. The lowest BCUT2D eigenvalue weighted by atomic mass is 10.0. The molecular weight excluding hydrogens is 294 g/mol. The summed E-state index contributed by atoms with van der Waals surface area (Å²) in [5, 5.41) is 10.3. The van der Waals surface area contributed by atoms with Crippen molar-refractivity contribution in [2.45, 2.75) is 12.8 Å². The molecule has 0 atom stereocenters. The van der Waals surface area contributed by atoms with Gasteiger partial charge in [0.15, 0.2) is 0 Å². The van der Waals surface area contributed by atoms with Crippen LogP contribution in [0.5, 0.6) is 0 Å². The number of amides is 1. The molecule has 1 fully saturated rings. The number of carboxylic acid groups (broad SMARTS) is 1. The van der Waals surface area contributed by atoms with Gasteiger partial charge in [-0.1, -0.05) is 18.2 Å². The van der Waals surface area contributed by atoms with Gasteiger partial charge in [-0.15, -0.1) is 0 Å². The first-order valence-corrected chi connectivity index (χ1v) is 7.58. The molecule has 3 heterocycles. The smallest absolute Gasteiger partial charge is 0.337 e. The Balaban J connectivity index is 2.10. The zero-order valence-electron chi connectivity index (χ0n) is 12.4. The Morgan fingerprint density at radius 3 is 2.52 bits per heavy atom. The van der Waals surface area contributed by atoms with E-state index in [-0.39, 0.29) is 17.0 Å². The van der Waals surface area contributed by atoms with Gasteiger partial charge in [0.05, 0.1) is 34.7 Å². The first kappa shape index (κ1) is 13.8. The Bertz CT molecular complexity index is 939. The Kier molecular flexibility index (Phi) is 3.04. The third-order valence-corrected chi connectivity index (χ3v) is 4.40. The third kappa shape index (κ3) is 1.98. The average Bonchev–Trinajstić information content (AvgIpc) is 3.23. The van der Waals surface area contributed by atoms with Crippen LogP contribution in [-0.2, 0) is 0 Å². The summed E-state index contributed by atoms with van der Waals surface area (Å²) in [6, 6.07) is 7.19. The fraction of sp³-hybridized carbons (Fsp3) is 0.235. The molecule has 0 spiro atoms. The summed E-state index contributed by atoms with van der Waals surface area (Å²) in [5.74, 6) is -1.32. The van der Waals surface area contributed by atoms with Crippen molar-refractivity contribution in [3.05, 3.63) is 47.9 Å². The molecular formula is C17H15N3O3. The zero-order chi connectivity index (χ0) is 16.0. The quantitative estimate of drug-likeness (QED) is 0.789. The predicted octanol–water partition coefficient (Wildman–Crippen LogP) is 2.42. The molecule has 2 aromatic heterocycles. The number of carbonyl (C=O) groups excluding carboxylic acids is 1. The van der Waals surface area contributed by atoms with Crippen molar-refractivity contribution in [2.75, 3.05) is 13.1 Å². The SMILES string of the molecule is O=C(O)c1c(C(=O)N2CCCC2)c2cncn2c2ccccc12. The lowest BCUT2D eigenvalue weighted by Gasteiger charge is -2.19. The second-order valence-electron chi connectivity index (χ2n) is 5.72. The largest absolute Gasteiger partial charge is 0.478 e. The van der Waals surface area contributed by atoms with Crippen molar-refractivity contribution in [1.29, 1.82) is 0 Å². The second kappa shape index (κ2) is 5.08. The number of fused-ring (bicyclic) bond motifs is 3. The number of para-hydroxylation sites is 1. The predicted molar refractivity (Wildman–Crippen MR) is 84.8 cm³/mol. The lowest BCUT2D eigenvalue weighted by molar-refractivity contribution is 0.0684. The summed E-state index contributed by atoms with van der Waals surface area (Å²) >= 11 is 0. The van der Waals surface area contributed by atoms with Crippen LogP contribution in [0.1, 0.15) is 33.6 Å². The minimum absolute atomic E-state index is 0.0606. The molecule has 1 aliphatic rings. The van der Waals surface area contributed by atoms with E-state index in [2.05, 4.69) is 4.98 Å². The maximum atomic E-state index is 12.9. The zero-order valence-corrected chi connectivity index (χ0v) is 12.4. The van der Waals surface area contributed by atoms with Gasteiger partial charge in [0.25, 0.3) is 5.91 Å². The maximum absolute atomic E-state index is 12.9. The van der Waals surface area contributed by atoms with E-state index in [9.17, 15) is 14.7 Å². The number of carboxylic acids is 1. The van der Waals surface area contributed by atoms with Crippen LogP contribution in [-0.4, -0.2) is 44.4 Å². The highest BCUT2D eigenvalue weighted by Crippen LogP contribution is 2.29. The Hall–Kier alpha value is -2.89. The summed E-state index contributed by atoms with van der Waals surface area (Å²) in [6.07, 6.45) is 5.08. The summed E-state index contributed by atoms with van der Waals surface area (Å²) in [7, 11) is 0. The minimum Gasteiger partial charge on any atom is -0.478 e. The molecule has 3 aromatic rings. The van der Waals surface area contributed by atoms with E-state index < -0.39 is 5.97 Å². The number of imidazole rings is 1. The van der Waals surface area contributed by atoms with E-state index in [1.807, 2.05) is 12.1 Å². The van der Waals surface area contributed by atoms with Crippen LogP contribution in [0, 0.1) is 0 Å². The Morgan fingerprint density at radius 2 is 1.78 bits per heavy atom. The molecule has 1 aliphatic heterocycles. The molecule has 4 rings (SSSR count). The molecule has 1 N–H and O–H groups in total. The molecule has 1 aromatic carbocycles. The van der Waals surface area contributed by atoms with Gasteiger partial charge in [0, 0.05) is 18.5 Å². The average molecular weight is 309 g/mol. The van der Waals surface area contributed by atoms with E-state index >= 15 is 0 Å². The lowest BCUT2D eigenvalue weighted by Crippen LogP contribution is -2.29. The first-order chi connectivity index (χ1) is 11.2. The fourth-order valence-electron chi connectivity index (χ4n) is 3.35. The summed E-state index contributed by atoms with van der Waals surface area (Å²) in [6.45, 7) is 1.34. The van der Waals surface area contributed by atoms with Gasteiger partial charge >= 0.3 is 5.97 Å². The van der Waals surface area contributed by atoms with Gasteiger partial charge in [-0.2, -0.15) is 0 Å². The van der Waals surface area contributed by atoms with Crippen molar-refractivity contribution in [1.82, 2.24) is 14.3 Å². The van der Waals surface area contributed by atoms with Crippen molar-refractivity contribution in [2.24, 2.45) is 0 Å². The van der Waals surface area contributed by atoms with Crippen LogP contribution in [0.3, 0.4) is 0 Å². The normalized spacial score (nSPS) is 14.7. The number of carbonyl (C=O) groups is 2. The van der Waals surface area contributed by atoms with Gasteiger partial charge in [0.2, 0.25) is 0 Å². The summed E-state index contributed by atoms with van der Waals surface area (Å²) in [4.78, 5) is 30.7. The standard InChI is InChI=1S/C17H15N3O3/c21-16(19-7-3-4-8-19)15-13-9-18-10-20(13)12-6-2-1-5-11(12)14(15)17(22)23/h1-2,5-6,9-10H,3-4,7-8H2,(H,22,23). The van der Waals surface area contributed by atoms with Gasteiger partial charge in [-0.3, -0.25) is 9.20 Å². The number of hydrogen-bond acceptors (Lipinski definition) is 3. The molecule has 1 amide bonds. The number of aromatic nitrogens is 2. The topological polar surface area (TPSA) is 74.9 Å². The molecule has 0 bridgehead atoms. The van der Waals surface area contributed by atoms with Crippen LogP contribution in [0.4, 0.5) is 0 Å². The van der Waals surface area contributed by atoms with E-state index in [0.29, 0.717) is 24.0 Å². The van der Waals surface area contributed by atoms with E-state index in [1.54, 1.807) is 34.0 Å². The monoisotopic (exact) mass is 309 g/mol. The minimum atomic E-state index is -1.09. The van der Waals surface area contributed by atoms with Crippen molar-refractivity contribution < 1.29 is 14.7 Å². The number of nitrogens with zero attached hydrogens (tertiary/aromatic N) is 3. The summed E-state index contributed by atoms with van der Waals surface area (Å²) < 4.78 is 1.78. The van der Waals surface area contributed by atoms with Gasteiger partial charge < -0.3 is 10.0 Å². The van der Waals surface area contributed by atoms with Crippen LogP contribution >= 0.6 is 0 Å². The number of benzene rings is 1. The first-order valence-electron chi connectivity index (χ1n) is 7.58. The number of likely N-dealkylation sites (tertiary alicyclic amines) is 1. The molecule has 116 valence electrons. The van der Waals surface area contributed by atoms with Crippen LogP contribution in [0.15, 0.2) is 36.8 Å². The van der Waals surface area contributed by atoms with E-state index in [0.717, 1.165) is 18.4 Å². The number of pyridine rings is 1. The summed E-state index contributed by atoms with van der Waals surface area (Å²) in [5.41, 5.74) is 1.56. The van der Waals surface area contributed by atoms with Crippen molar-refractivity contribution in [3.8, 4) is 0 Å². The highest BCUT2D eigenvalue weighted by Gasteiger charge is 2.29. The van der Waals surface area contributed by atoms with Gasteiger partial charge in [-0.05, 0) is 18.9 Å². The molecule has 23 heavy (non-hydrogen) atoms. The molecule has 6 nitrogen and oxygen atoms in total. The van der Waals surface area contributed by atoms with Crippen LogP contribution in [0.25, 0.3) is 16.4 Å².